The van der Waals surface area contributed by atoms with Crippen LogP contribution in [0.25, 0.3) is 0 Å². The zero-order chi connectivity index (χ0) is 37.0. The molecular weight excluding hydrogens is 596 g/mol. The number of phenols is 1. The lowest BCUT2D eigenvalue weighted by atomic mass is 10.1. The summed E-state index contributed by atoms with van der Waals surface area (Å²) in [5.74, 6) is -0.859. The molecule has 0 aromatic heterocycles. The molecular formula is C35H48O9S. The quantitative estimate of drug-likeness (QED) is 0.280. The van der Waals surface area contributed by atoms with Crippen molar-refractivity contribution in [2.24, 2.45) is 0 Å². The zero-order valence-electron chi connectivity index (χ0n) is 31.5. The van der Waals surface area contributed by atoms with Gasteiger partial charge in [-0.3, -0.25) is 4.18 Å². The topological polar surface area (TPSA) is 110 Å². The molecule has 248 valence electrons. The maximum atomic E-state index is 12.1. The molecule has 2 fully saturated rings. The normalized spacial score (nSPS) is 22.0. The van der Waals surface area contributed by atoms with Crippen molar-refractivity contribution in [2.75, 3.05) is 26.3 Å². The molecule has 2 unspecified atom stereocenters. The summed E-state index contributed by atoms with van der Waals surface area (Å²) in [6, 6.07) is 17.1. The highest BCUT2D eigenvalue weighted by Crippen LogP contribution is 2.25. The Morgan fingerprint density at radius 2 is 1.18 bits per heavy atom. The van der Waals surface area contributed by atoms with Gasteiger partial charge < -0.3 is 28.8 Å². The molecule has 2 aliphatic rings. The van der Waals surface area contributed by atoms with Crippen LogP contribution in [-0.4, -0.2) is 63.6 Å². The van der Waals surface area contributed by atoms with Gasteiger partial charge in [-0.05, 0) is 121 Å². The second kappa shape index (κ2) is 15.5. The molecule has 0 bridgehead atoms. The Balaban J connectivity index is 0.000000214. The predicted molar refractivity (Wildman–Crippen MR) is 173 cm³/mol. The van der Waals surface area contributed by atoms with E-state index in [9.17, 15) is 8.42 Å². The van der Waals surface area contributed by atoms with E-state index in [4.69, 9.17) is 38.5 Å². The fourth-order valence-corrected chi connectivity index (χ4v) is 5.24. The number of ether oxygens (including phenoxy) is 5. The molecule has 0 saturated carbocycles. The second-order valence-corrected chi connectivity index (χ2v) is 13.5. The molecule has 45 heavy (non-hydrogen) atoms. The molecule has 2 aliphatic heterocycles. The molecule has 3 aromatic rings. The highest BCUT2D eigenvalue weighted by atomic mass is 32.2. The smallest absolute Gasteiger partial charge is 0.297 e. The second-order valence-electron chi connectivity index (χ2n) is 12.0. The van der Waals surface area contributed by atoms with Gasteiger partial charge in [0.1, 0.15) is 30.3 Å². The van der Waals surface area contributed by atoms with E-state index < -0.39 is 47.0 Å². The minimum Gasteiger partial charge on any atom is -0.508 e. The van der Waals surface area contributed by atoms with Crippen molar-refractivity contribution in [3.8, 4) is 11.5 Å². The molecule has 3 aromatic carbocycles. The minimum absolute atomic E-state index is 0.0799. The highest BCUT2D eigenvalue weighted by Gasteiger charge is 2.34. The molecule has 5 rings (SSSR count). The maximum Gasteiger partial charge on any atom is 0.297 e. The molecule has 0 spiro atoms. The summed E-state index contributed by atoms with van der Waals surface area (Å²) >= 11 is 0. The first-order valence-electron chi connectivity index (χ1n) is 16.6. The minimum atomic E-state index is -4.22. The van der Waals surface area contributed by atoms with Crippen LogP contribution in [-0.2, 0) is 33.2 Å². The van der Waals surface area contributed by atoms with E-state index in [1.807, 2.05) is 58.9 Å². The zero-order valence-corrected chi connectivity index (χ0v) is 28.3. The van der Waals surface area contributed by atoms with Crippen molar-refractivity contribution in [2.45, 2.75) is 91.0 Å². The Morgan fingerprint density at radius 3 is 1.60 bits per heavy atom. The lowest BCUT2D eigenvalue weighted by Gasteiger charge is -2.17. The highest BCUT2D eigenvalue weighted by molar-refractivity contribution is 7.86. The molecule has 2 atom stereocenters. The average Bonchev–Trinajstić information content (AvgIpc) is 3.49. The number of phenolic OH excluding ortho intramolecular Hbond substituents is 1. The van der Waals surface area contributed by atoms with Gasteiger partial charge in [-0.2, -0.15) is 8.42 Å². The first-order chi connectivity index (χ1) is 22.4. The van der Waals surface area contributed by atoms with Gasteiger partial charge in [0.2, 0.25) is 0 Å². The Labute approximate surface area is 274 Å². The number of aryl methyl sites for hydroxylation is 5. The predicted octanol–water partition coefficient (Wildman–Crippen LogP) is 6.69. The van der Waals surface area contributed by atoms with Crippen LogP contribution in [0.1, 0.15) is 61.0 Å². The Bertz CT molecular complexity index is 1610. The van der Waals surface area contributed by atoms with Crippen molar-refractivity contribution in [3.63, 3.8) is 0 Å². The van der Waals surface area contributed by atoms with Gasteiger partial charge in [-0.1, -0.05) is 29.8 Å². The van der Waals surface area contributed by atoms with Gasteiger partial charge in [0.15, 0.2) is 11.6 Å². The number of rotatable bonds is 7. The first kappa shape index (κ1) is 30.7. The largest absolute Gasteiger partial charge is 0.508 e. The van der Waals surface area contributed by atoms with Crippen LogP contribution in [0.5, 0.6) is 11.5 Å². The molecule has 9 nitrogen and oxygen atoms in total. The van der Waals surface area contributed by atoms with Crippen molar-refractivity contribution in [1.29, 1.82) is 0 Å². The lowest BCUT2D eigenvalue weighted by Crippen LogP contribution is -2.25. The first-order valence-corrected chi connectivity index (χ1v) is 16.0. The van der Waals surface area contributed by atoms with Gasteiger partial charge in [-0.15, -0.1) is 0 Å². The van der Waals surface area contributed by atoms with E-state index in [1.165, 1.54) is 12.1 Å². The van der Waals surface area contributed by atoms with E-state index in [-0.39, 0.29) is 18.1 Å². The van der Waals surface area contributed by atoms with Crippen LogP contribution in [0.15, 0.2) is 65.6 Å². The summed E-state index contributed by atoms with van der Waals surface area (Å²) in [5.41, 5.74) is 5.18. The molecule has 2 saturated heterocycles. The van der Waals surface area contributed by atoms with Crippen LogP contribution >= 0.6 is 0 Å². The molecule has 0 aliphatic carbocycles. The summed E-state index contributed by atoms with van der Waals surface area (Å²) in [6.45, 7) is 12.1. The van der Waals surface area contributed by atoms with E-state index in [0.29, 0.717) is 11.5 Å². The van der Waals surface area contributed by atoms with Crippen molar-refractivity contribution < 1.29 is 46.9 Å². The fourth-order valence-electron chi connectivity index (χ4n) is 4.44. The van der Waals surface area contributed by atoms with Crippen LogP contribution in [0.2, 0.25) is 0 Å². The molecule has 10 heteroatoms. The van der Waals surface area contributed by atoms with Gasteiger partial charge in [0.25, 0.3) is 10.1 Å². The number of aromatic hydroxyl groups is 1. The van der Waals surface area contributed by atoms with E-state index in [1.54, 1.807) is 52.0 Å². The molecule has 1 N–H and O–H groups in total. The SMILES string of the molecule is Cc1cc(C)cc(O)c1.[2H]C([2H])(OS(=O)(=O)c1ccc(C)cc1)C1COC(C)(C)O1.[2H]C([2H])(Oc1cc(C)cc(C)c1)C1COC(C)(C)O1. The summed E-state index contributed by atoms with van der Waals surface area (Å²) < 4.78 is 87.6. The standard InChI is InChI=1S/C14H20O3.C13H18O5S.C8H10O/c1-10-5-11(2)7-12(6-10)15-8-13-9-16-14(3,4)17-13;1-10-4-6-12(7-5-10)19(14,15)17-9-11-8-16-13(2,3)18-11;1-6-3-7(2)5-8(9)4-6/h5-7,13H,8-9H2,1-4H3;4-7,11H,8-9H2,1-3H3;3-5,9H,1-2H3/i8D2;9D2;. The summed E-state index contributed by atoms with van der Waals surface area (Å²) in [7, 11) is -4.22. The van der Waals surface area contributed by atoms with Gasteiger partial charge in [0.05, 0.1) is 30.2 Å². The van der Waals surface area contributed by atoms with Crippen LogP contribution < -0.4 is 4.74 Å². The molecule has 2 heterocycles. The van der Waals surface area contributed by atoms with Crippen LogP contribution in [0.3, 0.4) is 0 Å². The van der Waals surface area contributed by atoms with Crippen molar-refractivity contribution >= 4 is 10.1 Å². The fraction of sp³-hybridized carbons (Fsp3) is 0.486. The van der Waals surface area contributed by atoms with E-state index >= 15 is 0 Å². The third-order valence-electron chi connectivity index (χ3n) is 6.33. The number of hydrogen-bond donors (Lipinski definition) is 1. The summed E-state index contributed by atoms with van der Waals surface area (Å²) in [5, 5.41) is 8.99. The van der Waals surface area contributed by atoms with Crippen LogP contribution in [0.4, 0.5) is 0 Å². The molecule has 0 radical (unpaired) electrons. The number of hydrogen-bond acceptors (Lipinski definition) is 9. The third-order valence-corrected chi connectivity index (χ3v) is 7.49. The van der Waals surface area contributed by atoms with Gasteiger partial charge in [0, 0.05) is 0 Å². The summed E-state index contributed by atoms with van der Waals surface area (Å²) in [4.78, 5) is -0.102. The molecule has 0 amide bonds. The van der Waals surface area contributed by atoms with Gasteiger partial charge in [-0.25, -0.2) is 0 Å². The Hall–Kier alpha value is -2.99. The van der Waals surface area contributed by atoms with Gasteiger partial charge >= 0.3 is 0 Å². The Morgan fingerprint density at radius 1 is 0.733 bits per heavy atom. The maximum absolute atomic E-state index is 12.1. The van der Waals surface area contributed by atoms with Crippen molar-refractivity contribution in [1.82, 2.24) is 0 Å². The lowest BCUT2D eigenvalue weighted by molar-refractivity contribution is -0.141. The number of benzene rings is 3. The summed E-state index contributed by atoms with van der Waals surface area (Å²) in [6.07, 6.45) is -1.85. The van der Waals surface area contributed by atoms with Crippen molar-refractivity contribution in [3.05, 3.63) is 88.5 Å². The van der Waals surface area contributed by atoms with E-state index in [0.717, 1.165) is 27.8 Å². The van der Waals surface area contributed by atoms with E-state index in [2.05, 4.69) is 0 Å². The third kappa shape index (κ3) is 12.7. The monoisotopic (exact) mass is 648 g/mol. The average molecular weight is 649 g/mol. The van der Waals surface area contributed by atoms with Crippen LogP contribution in [0, 0.1) is 34.6 Å². The Kier molecular flexibility index (Phi) is 10.6.